The van der Waals surface area contributed by atoms with Gasteiger partial charge in [-0.2, -0.15) is 0 Å². The van der Waals surface area contributed by atoms with E-state index in [4.69, 9.17) is 9.47 Å². The van der Waals surface area contributed by atoms with E-state index in [0.29, 0.717) is 36.9 Å². The Kier molecular flexibility index (Phi) is 7.28. The van der Waals surface area contributed by atoms with Crippen molar-refractivity contribution in [2.45, 2.75) is 12.8 Å². The molecule has 0 spiro atoms. The van der Waals surface area contributed by atoms with Crippen LogP contribution in [0.5, 0.6) is 0 Å². The van der Waals surface area contributed by atoms with Crippen LogP contribution in [-0.4, -0.2) is 124 Å². The monoisotopic (exact) mass is 422 g/mol. The predicted octanol–water partition coefficient (Wildman–Crippen LogP) is -0.160. The van der Waals surface area contributed by atoms with Gasteiger partial charge in [0.05, 0.1) is 13.2 Å². The van der Waals surface area contributed by atoms with Gasteiger partial charge in [0.15, 0.2) is 0 Å². The van der Waals surface area contributed by atoms with E-state index in [-0.39, 0.29) is 25.0 Å². The summed E-state index contributed by atoms with van der Waals surface area (Å²) >= 11 is 0. The Morgan fingerprint density at radius 3 is 1.50 bits per heavy atom. The molecule has 30 heavy (non-hydrogen) atoms. The van der Waals surface area contributed by atoms with Gasteiger partial charge in [0, 0.05) is 39.3 Å². The van der Waals surface area contributed by atoms with E-state index in [1.807, 2.05) is 9.80 Å². The van der Waals surface area contributed by atoms with Crippen molar-refractivity contribution in [3.05, 3.63) is 0 Å². The predicted molar refractivity (Wildman–Crippen MR) is 113 cm³/mol. The Morgan fingerprint density at radius 1 is 0.667 bits per heavy atom. The molecule has 0 aromatic rings. The van der Waals surface area contributed by atoms with Crippen LogP contribution in [-0.2, 0) is 19.1 Å². The van der Waals surface area contributed by atoms with Gasteiger partial charge in [-0.1, -0.05) is 0 Å². The van der Waals surface area contributed by atoms with Crippen molar-refractivity contribution in [3.8, 4) is 0 Å². The largest absolute Gasteiger partial charge is 0.369 e. The number of ether oxygens (including phenoxy) is 2. The second-order valence-electron chi connectivity index (χ2n) is 9.84. The summed E-state index contributed by atoms with van der Waals surface area (Å²) < 4.78 is 11.0. The van der Waals surface area contributed by atoms with Crippen LogP contribution in [0.1, 0.15) is 12.8 Å². The molecular weight excluding hydrogens is 384 g/mol. The van der Waals surface area contributed by atoms with Crippen LogP contribution < -0.4 is 0 Å². The highest BCUT2D eigenvalue weighted by molar-refractivity contribution is 5.78. The molecule has 4 unspecified atom stereocenters. The molecule has 0 aromatic heterocycles. The molecule has 2 amide bonds. The zero-order valence-electron chi connectivity index (χ0n) is 18.6. The molecule has 8 nitrogen and oxygen atoms in total. The van der Waals surface area contributed by atoms with E-state index < -0.39 is 0 Å². The maximum Gasteiger partial charge on any atom is 0.248 e. The smallest absolute Gasteiger partial charge is 0.248 e. The number of carbonyl (C=O) groups excluding carboxylic acids is 2. The first kappa shape index (κ1) is 22.0. The summed E-state index contributed by atoms with van der Waals surface area (Å²) in [7, 11) is 4.31. The Morgan fingerprint density at radius 2 is 1.07 bits per heavy atom. The summed E-state index contributed by atoms with van der Waals surface area (Å²) in [5, 5.41) is 0. The number of hydrogen-bond acceptors (Lipinski definition) is 6. The normalized spacial score (nSPS) is 32.3. The zero-order valence-corrected chi connectivity index (χ0v) is 18.6. The second kappa shape index (κ2) is 9.94. The first-order valence-electron chi connectivity index (χ1n) is 11.6. The van der Waals surface area contributed by atoms with Gasteiger partial charge >= 0.3 is 0 Å². The molecule has 0 bridgehead atoms. The van der Waals surface area contributed by atoms with Crippen LogP contribution in [0.15, 0.2) is 0 Å². The van der Waals surface area contributed by atoms with Crippen molar-refractivity contribution < 1.29 is 19.1 Å². The highest BCUT2D eigenvalue weighted by Crippen LogP contribution is 2.31. The minimum atomic E-state index is 0.0766. The van der Waals surface area contributed by atoms with Gasteiger partial charge in [-0.25, -0.2) is 0 Å². The first-order chi connectivity index (χ1) is 14.5. The standard InChI is InChI=1S/C22H38N4O4/c1-23-5-3-17-11-25(13-19(17)9-23)21(27)15-29-7-8-30-16-22(28)26-12-18-4-6-24(2)10-20(18)14-26/h17-20H,3-16H2,1-2H3. The summed E-state index contributed by atoms with van der Waals surface area (Å²) in [6.07, 6.45) is 2.37. The molecular formula is C22H38N4O4. The average Bonchev–Trinajstić information content (AvgIpc) is 3.33. The number of nitrogens with zero attached hydrogens (tertiary/aromatic N) is 4. The Labute approximate surface area is 180 Å². The molecule has 4 atom stereocenters. The number of fused-ring (bicyclic) bond motifs is 2. The van der Waals surface area contributed by atoms with Gasteiger partial charge in [0.1, 0.15) is 13.2 Å². The number of likely N-dealkylation sites (tertiary alicyclic amines) is 4. The summed E-state index contributed by atoms with van der Waals surface area (Å²) in [5.41, 5.74) is 0. The van der Waals surface area contributed by atoms with Gasteiger partial charge in [-0.05, 0) is 63.7 Å². The minimum absolute atomic E-state index is 0.0766. The van der Waals surface area contributed by atoms with E-state index in [9.17, 15) is 9.59 Å². The highest BCUT2D eigenvalue weighted by atomic mass is 16.5. The summed E-state index contributed by atoms with van der Waals surface area (Å²) in [4.78, 5) is 33.5. The van der Waals surface area contributed by atoms with Gasteiger partial charge in [0.25, 0.3) is 0 Å². The first-order valence-corrected chi connectivity index (χ1v) is 11.6. The third-order valence-electron chi connectivity index (χ3n) is 7.54. The zero-order chi connectivity index (χ0) is 21.1. The number of rotatable bonds is 7. The van der Waals surface area contributed by atoms with Crippen molar-refractivity contribution in [2.24, 2.45) is 23.7 Å². The van der Waals surface area contributed by atoms with E-state index in [0.717, 1.165) is 52.4 Å². The van der Waals surface area contributed by atoms with E-state index >= 15 is 0 Å². The Hall–Kier alpha value is -1.22. The van der Waals surface area contributed by atoms with Crippen LogP contribution >= 0.6 is 0 Å². The SMILES string of the molecule is CN1CCC2CN(C(=O)COCCOCC(=O)N3CC4CCN(C)CC4C3)CC2C1. The molecule has 170 valence electrons. The Balaban J connectivity index is 1.06. The Bertz CT molecular complexity index is 566. The average molecular weight is 423 g/mol. The van der Waals surface area contributed by atoms with Gasteiger partial charge in [-0.15, -0.1) is 0 Å². The lowest BCUT2D eigenvalue weighted by Gasteiger charge is -2.31. The van der Waals surface area contributed by atoms with Crippen LogP contribution in [0.25, 0.3) is 0 Å². The maximum atomic E-state index is 12.4. The lowest BCUT2D eigenvalue weighted by atomic mass is 9.89. The van der Waals surface area contributed by atoms with Gasteiger partial charge < -0.3 is 29.1 Å². The van der Waals surface area contributed by atoms with Crippen molar-refractivity contribution >= 4 is 11.8 Å². The third kappa shape index (κ3) is 5.33. The van der Waals surface area contributed by atoms with Crippen LogP contribution in [0.2, 0.25) is 0 Å². The molecule has 8 heteroatoms. The molecule has 0 saturated carbocycles. The number of carbonyl (C=O) groups is 2. The lowest BCUT2D eigenvalue weighted by Crippen LogP contribution is -2.37. The van der Waals surface area contributed by atoms with Crippen molar-refractivity contribution in [2.75, 3.05) is 92.9 Å². The molecule has 4 saturated heterocycles. The lowest BCUT2D eigenvalue weighted by molar-refractivity contribution is -0.138. The van der Waals surface area contributed by atoms with E-state index in [2.05, 4.69) is 23.9 Å². The number of hydrogen-bond donors (Lipinski definition) is 0. The molecule has 4 fully saturated rings. The molecule has 4 heterocycles. The van der Waals surface area contributed by atoms with E-state index in [1.165, 1.54) is 12.8 Å². The van der Waals surface area contributed by atoms with Crippen molar-refractivity contribution in [1.82, 2.24) is 19.6 Å². The number of amides is 2. The van der Waals surface area contributed by atoms with Crippen LogP contribution in [0.3, 0.4) is 0 Å². The molecule has 0 aliphatic carbocycles. The molecule has 0 aromatic carbocycles. The quantitative estimate of drug-likeness (QED) is 0.532. The summed E-state index contributed by atoms with van der Waals surface area (Å²) in [6, 6.07) is 0. The molecule has 4 rings (SSSR count). The summed E-state index contributed by atoms with van der Waals surface area (Å²) in [5.74, 6) is 2.66. The fourth-order valence-electron chi connectivity index (χ4n) is 5.73. The van der Waals surface area contributed by atoms with Gasteiger partial charge in [0.2, 0.25) is 11.8 Å². The van der Waals surface area contributed by atoms with Crippen LogP contribution in [0, 0.1) is 23.7 Å². The molecule has 4 aliphatic heterocycles. The topological polar surface area (TPSA) is 65.6 Å². The molecule has 0 radical (unpaired) electrons. The fraction of sp³-hybridized carbons (Fsp3) is 0.909. The van der Waals surface area contributed by atoms with Crippen molar-refractivity contribution in [1.29, 1.82) is 0 Å². The van der Waals surface area contributed by atoms with E-state index in [1.54, 1.807) is 0 Å². The highest BCUT2D eigenvalue weighted by Gasteiger charge is 2.38. The summed E-state index contributed by atoms with van der Waals surface area (Å²) in [6.45, 7) is 8.81. The van der Waals surface area contributed by atoms with Gasteiger partial charge in [-0.3, -0.25) is 9.59 Å². The van der Waals surface area contributed by atoms with Crippen LogP contribution in [0.4, 0.5) is 0 Å². The third-order valence-corrected chi connectivity index (χ3v) is 7.54. The molecule has 0 N–H and O–H groups in total. The van der Waals surface area contributed by atoms with Crippen molar-refractivity contribution in [3.63, 3.8) is 0 Å². The number of piperidine rings is 2. The minimum Gasteiger partial charge on any atom is -0.369 e. The maximum absolute atomic E-state index is 12.4. The second-order valence-corrected chi connectivity index (χ2v) is 9.84. The fourth-order valence-corrected chi connectivity index (χ4v) is 5.73. The molecule has 4 aliphatic rings.